The minimum atomic E-state index is 0.572. The lowest BCUT2D eigenvalue weighted by molar-refractivity contribution is 0.112. The van der Waals surface area contributed by atoms with Crippen LogP contribution in [0.2, 0.25) is 0 Å². The number of ether oxygens (including phenoxy) is 1. The third kappa shape index (κ3) is 3.77. The highest BCUT2D eigenvalue weighted by Gasteiger charge is 2.09. The predicted molar refractivity (Wildman–Crippen MR) is 64.1 cm³/mol. The largest absolute Gasteiger partial charge is 0.390 e. The Morgan fingerprint density at radius 1 is 1.64 bits per heavy atom. The minimum absolute atomic E-state index is 0.572. The summed E-state index contributed by atoms with van der Waals surface area (Å²) >= 11 is 4.68. The molecule has 0 radical (unpaired) electrons. The van der Waals surface area contributed by atoms with E-state index in [9.17, 15) is 4.79 Å². The van der Waals surface area contributed by atoms with Crippen LogP contribution in [0.3, 0.4) is 0 Å². The zero-order chi connectivity index (χ0) is 11.1. The second-order valence-corrected chi connectivity index (χ2v) is 4.49. The SMILES string of the molecule is CCOC.Cc1sc(N)c(C=O)c1Br. The molecule has 0 unspecified atom stereocenters. The van der Waals surface area contributed by atoms with Gasteiger partial charge in [0.05, 0.1) is 10.6 Å². The van der Waals surface area contributed by atoms with Gasteiger partial charge in [0.15, 0.2) is 6.29 Å². The van der Waals surface area contributed by atoms with E-state index in [1.807, 2.05) is 13.8 Å². The van der Waals surface area contributed by atoms with Crippen molar-refractivity contribution in [3.05, 3.63) is 14.9 Å². The minimum Gasteiger partial charge on any atom is -0.390 e. The second-order valence-electron chi connectivity index (χ2n) is 2.45. The van der Waals surface area contributed by atoms with Gasteiger partial charge in [-0.05, 0) is 29.8 Å². The van der Waals surface area contributed by atoms with Gasteiger partial charge in [0.1, 0.15) is 0 Å². The monoisotopic (exact) mass is 279 g/mol. The van der Waals surface area contributed by atoms with E-state index in [0.29, 0.717) is 10.6 Å². The predicted octanol–water partition coefficient (Wildman–Crippen LogP) is 2.87. The fourth-order valence-electron chi connectivity index (χ4n) is 0.672. The van der Waals surface area contributed by atoms with Gasteiger partial charge in [0.2, 0.25) is 0 Å². The number of methoxy groups -OCH3 is 1. The number of nitrogens with two attached hydrogens (primary N) is 1. The smallest absolute Gasteiger partial charge is 0.154 e. The van der Waals surface area contributed by atoms with Crippen molar-refractivity contribution in [3.63, 3.8) is 0 Å². The maximum Gasteiger partial charge on any atom is 0.154 e. The molecule has 0 saturated carbocycles. The molecule has 1 heterocycles. The molecule has 1 aromatic heterocycles. The molecule has 0 aromatic carbocycles. The maximum atomic E-state index is 10.4. The molecule has 1 aromatic rings. The van der Waals surface area contributed by atoms with Crippen molar-refractivity contribution in [1.82, 2.24) is 0 Å². The summed E-state index contributed by atoms with van der Waals surface area (Å²) in [7, 11) is 1.68. The number of rotatable bonds is 2. The summed E-state index contributed by atoms with van der Waals surface area (Å²) in [6.07, 6.45) is 0.767. The molecule has 0 bridgehead atoms. The first-order valence-corrected chi connectivity index (χ1v) is 5.67. The molecule has 0 amide bonds. The van der Waals surface area contributed by atoms with Gasteiger partial charge >= 0.3 is 0 Å². The van der Waals surface area contributed by atoms with E-state index in [-0.39, 0.29) is 0 Å². The Labute approximate surface area is 96.4 Å². The van der Waals surface area contributed by atoms with Crippen LogP contribution >= 0.6 is 27.3 Å². The Bertz CT molecular complexity index is 297. The quantitative estimate of drug-likeness (QED) is 0.847. The average molecular weight is 280 g/mol. The Morgan fingerprint density at radius 3 is 2.29 bits per heavy atom. The lowest BCUT2D eigenvalue weighted by Gasteiger charge is -1.85. The number of halogens is 1. The van der Waals surface area contributed by atoms with Crippen molar-refractivity contribution in [2.24, 2.45) is 0 Å². The van der Waals surface area contributed by atoms with Gasteiger partial charge in [-0.15, -0.1) is 11.3 Å². The summed E-state index contributed by atoms with van der Waals surface area (Å²) in [5.41, 5.74) is 6.08. The van der Waals surface area contributed by atoms with Crippen LogP contribution in [-0.4, -0.2) is 20.0 Å². The van der Waals surface area contributed by atoms with Crippen molar-refractivity contribution in [2.75, 3.05) is 19.5 Å². The summed E-state index contributed by atoms with van der Waals surface area (Å²) in [6, 6.07) is 0. The lowest BCUT2D eigenvalue weighted by Crippen LogP contribution is -1.85. The maximum absolute atomic E-state index is 10.4. The first-order chi connectivity index (χ1) is 6.58. The molecule has 3 nitrogen and oxygen atoms in total. The van der Waals surface area contributed by atoms with Crippen LogP contribution in [0, 0.1) is 6.92 Å². The zero-order valence-electron chi connectivity index (χ0n) is 8.46. The van der Waals surface area contributed by atoms with Crippen LogP contribution in [-0.2, 0) is 4.74 Å². The van der Waals surface area contributed by atoms with Crippen LogP contribution in [0.4, 0.5) is 5.00 Å². The normalized spacial score (nSPS) is 9.14. The highest BCUT2D eigenvalue weighted by Crippen LogP contribution is 2.32. The highest BCUT2D eigenvalue weighted by atomic mass is 79.9. The van der Waals surface area contributed by atoms with E-state index in [4.69, 9.17) is 5.73 Å². The molecule has 14 heavy (non-hydrogen) atoms. The van der Waals surface area contributed by atoms with Gasteiger partial charge in [-0.25, -0.2) is 0 Å². The Hall–Kier alpha value is -0.390. The van der Waals surface area contributed by atoms with E-state index in [1.165, 1.54) is 11.3 Å². The van der Waals surface area contributed by atoms with Gasteiger partial charge in [-0.1, -0.05) is 0 Å². The van der Waals surface area contributed by atoms with Crippen LogP contribution in [0.1, 0.15) is 22.2 Å². The van der Waals surface area contributed by atoms with Gasteiger partial charge in [0, 0.05) is 23.1 Å². The van der Waals surface area contributed by atoms with Gasteiger partial charge in [-0.2, -0.15) is 0 Å². The topological polar surface area (TPSA) is 52.3 Å². The number of aldehydes is 1. The van der Waals surface area contributed by atoms with Crippen LogP contribution < -0.4 is 5.73 Å². The second kappa shape index (κ2) is 6.98. The Balaban J connectivity index is 0.000000364. The molecule has 2 N–H and O–H groups in total. The van der Waals surface area contributed by atoms with E-state index in [2.05, 4.69) is 20.7 Å². The zero-order valence-corrected chi connectivity index (χ0v) is 10.9. The number of thiophene rings is 1. The van der Waals surface area contributed by atoms with Gasteiger partial charge < -0.3 is 10.5 Å². The third-order valence-corrected chi connectivity index (χ3v) is 3.72. The molecule has 0 aliphatic carbocycles. The highest BCUT2D eigenvalue weighted by molar-refractivity contribution is 9.10. The fourth-order valence-corrected chi connectivity index (χ4v) is 2.14. The van der Waals surface area contributed by atoms with Crippen LogP contribution in [0.25, 0.3) is 0 Å². The number of anilines is 1. The summed E-state index contributed by atoms with van der Waals surface area (Å²) < 4.78 is 5.37. The van der Waals surface area contributed by atoms with Crippen LogP contribution in [0.15, 0.2) is 4.47 Å². The summed E-state index contributed by atoms with van der Waals surface area (Å²) in [5, 5.41) is 0.583. The summed E-state index contributed by atoms with van der Waals surface area (Å²) in [6.45, 7) is 4.69. The van der Waals surface area contributed by atoms with Crippen molar-refractivity contribution in [1.29, 1.82) is 0 Å². The van der Waals surface area contributed by atoms with Crippen molar-refractivity contribution in [2.45, 2.75) is 13.8 Å². The molecule has 5 heteroatoms. The summed E-state index contributed by atoms with van der Waals surface area (Å²) in [4.78, 5) is 11.4. The Kier molecular flexibility index (Phi) is 6.78. The first-order valence-electron chi connectivity index (χ1n) is 4.06. The molecule has 0 fully saturated rings. The number of carbonyl (C=O) groups is 1. The third-order valence-electron chi connectivity index (χ3n) is 1.48. The Morgan fingerprint density at radius 2 is 2.14 bits per heavy atom. The average Bonchev–Trinajstić information content (AvgIpc) is 2.42. The number of nitrogen functional groups attached to an aromatic ring is 1. The van der Waals surface area contributed by atoms with Gasteiger partial charge in [-0.3, -0.25) is 4.79 Å². The number of aryl methyl sites for hydroxylation is 1. The molecule has 80 valence electrons. The molecule has 0 aliphatic heterocycles. The molecular formula is C9H14BrNO2S. The number of carbonyl (C=O) groups excluding carboxylic acids is 1. The lowest BCUT2D eigenvalue weighted by atomic mass is 10.3. The molecule has 1 rings (SSSR count). The van der Waals surface area contributed by atoms with Crippen molar-refractivity contribution >= 4 is 38.6 Å². The molecule has 0 aliphatic rings. The van der Waals surface area contributed by atoms with E-state index in [1.54, 1.807) is 7.11 Å². The van der Waals surface area contributed by atoms with E-state index in [0.717, 1.165) is 22.2 Å². The van der Waals surface area contributed by atoms with Crippen molar-refractivity contribution < 1.29 is 9.53 Å². The number of hydrogen-bond donors (Lipinski definition) is 1. The number of hydrogen-bond acceptors (Lipinski definition) is 4. The molecule has 0 saturated heterocycles. The van der Waals surface area contributed by atoms with Crippen LogP contribution in [0.5, 0.6) is 0 Å². The van der Waals surface area contributed by atoms with E-state index >= 15 is 0 Å². The molecule has 0 atom stereocenters. The first kappa shape index (κ1) is 13.6. The van der Waals surface area contributed by atoms with Crippen molar-refractivity contribution in [3.8, 4) is 0 Å². The van der Waals surface area contributed by atoms with Gasteiger partial charge in [0.25, 0.3) is 0 Å². The fraction of sp³-hybridized carbons (Fsp3) is 0.444. The van der Waals surface area contributed by atoms with E-state index < -0.39 is 0 Å². The standard InChI is InChI=1S/C6H6BrNOS.C3H8O/c1-3-5(7)4(2-9)6(8)10-3;1-3-4-2/h2H,8H2,1H3;3H2,1-2H3. The summed E-state index contributed by atoms with van der Waals surface area (Å²) in [5.74, 6) is 0. The molecule has 0 spiro atoms. The molecular weight excluding hydrogens is 266 g/mol.